The van der Waals surface area contributed by atoms with E-state index in [1.807, 2.05) is 6.92 Å². The van der Waals surface area contributed by atoms with Crippen LogP contribution in [-0.4, -0.2) is 29.7 Å². The lowest BCUT2D eigenvalue weighted by Gasteiger charge is -2.10. The van der Waals surface area contributed by atoms with Crippen LogP contribution in [0.2, 0.25) is 0 Å². The van der Waals surface area contributed by atoms with Gasteiger partial charge < -0.3 is 10.4 Å². The molecule has 1 heterocycles. The van der Waals surface area contributed by atoms with Crippen molar-refractivity contribution >= 4 is 21.3 Å². The first kappa shape index (κ1) is 15.2. The van der Waals surface area contributed by atoms with Crippen LogP contribution in [0.15, 0.2) is 29.4 Å². The molecule has 0 aliphatic carbocycles. The summed E-state index contributed by atoms with van der Waals surface area (Å²) in [6, 6.07) is 3.47. The minimum atomic E-state index is -3.48. The predicted octanol–water partition coefficient (Wildman–Crippen LogP) is 2.03. The Balaban J connectivity index is 2.37. The van der Waals surface area contributed by atoms with Crippen molar-refractivity contribution in [1.82, 2.24) is 9.97 Å². The maximum atomic E-state index is 13.9. The van der Waals surface area contributed by atoms with Crippen LogP contribution in [-0.2, 0) is 16.3 Å². The number of rotatable bonds is 4. The molecule has 1 aromatic heterocycles. The zero-order valence-corrected chi connectivity index (χ0v) is 12.3. The van der Waals surface area contributed by atoms with E-state index in [-0.39, 0.29) is 22.2 Å². The van der Waals surface area contributed by atoms with Gasteiger partial charge in [0.2, 0.25) is 0 Å². The lowest BCUT2D eigenvalue weighted by Crippen LogP contribution is -2.02. The van der Waals surface area contributed by atoms with Gasteiger partial charge in [-0.1, -0.05) is 6.92 Å². The zero-order valence-electron chi connectivity index (χ0n) is 11.5. The van der Waals surface area contributed by atoms with Crippen molar-refractivity contribution in [3.63, 3.8) is 0 Å². The quantitative estimate of drug-likeness (QED) is 0.897. The molecular weight excluding hydrogens is 297 g/mol. The van der Waals surface area contributed by atoms with Gasteiger partial charge in [0.25, 0.3) is 0 Å². The van der Waals surface area contributed by atoms with Gasteiger partial charge in [-0.05, 0) is 24.6 Å². The van der Waals surface area contributed by atoms with Gasteiger partial charge in [-0.15, -0.1) is 0 Å². The molecule has 0 aliphatic heterocycles. The van der Waals surface area contributed by atoms with Crippen LogP contribution in [0, 0.1) is 5.82 Å². The number of hydrogen-bond donors (Lipinski definition) is 2. The number of hydrogen-bond acceptors (Lipinski definition) is 6. The van der Waals surface area contributed by atoms with Gasteiger partial charge in [0.15, 0.2) is 21.4 Å². The number of benzene rings is 1. The molecule has 0 fully saturated rings. The summed E-state index contributed by atoms with van der Waals surface area (Å²) in [5, 5.41) is 12.5. The van der Waals surface area contributed by atoms with Crippen molar-refractivity contribution in [1.29, 1.82) is 0 Å². The summed E-state index contributed by atoms with van der Waals surface area (Å²) < 4.78 is 36.6. The van der Waals surface area contributed by atoms with E-state index in [4.69, 9.17) is 0 Å². The number of aryl methyl sites for hydroxylation is 1. The van der Waals surface area contributed by atoms with Crippen LogP contribution in [0.25, 0.3) is 0 Å². The first-order chi connectivity index (χ1) is 9.82. The third kappa shape index (κ3) is 3.27. The third-order valence-corrected chi connectivity index (χ3v) is 3.96. The summed E-state index contributed by atoms with van der Waals surface area (Å²) in [6.45, 7) is 1.81. The number of aromatic nitrogens is 2. The molecule has 2 rings (SSSR count). The molecular formula is C13H14FN3O3S. The van der Waals surface area contributed by atoms with Gasteiger partial charge in [-0.2, -0.15) is 0 Å². The molecule has 0 saturated carbocycles. The minimum Gasteiger partial charge on any atom is -0.503 e. The van der Waals surface area contributed by atoms with Crippen LogP contribution in [0.3, 0.4) is 0 Å². The first-order valence-electron chi connectivity index (χ1n) is 6.12. The van der Waals surface area contributed by atoms with E-state index >= 15 is 0 Å². The number of anilines is 2. The summed E-state index contributed by atoms with van der Waals surface area (Å²) in [6.07, 6.45) is 2.75. The van der Waals surface area contributed by atoms with Crippen molar-refractivity contribution in [2.75, 3.05) is 11.6 Å². The van der Waals surface area contributed by atoms with Crippen LogP contribution >= 0.6 is 0 Å². The van der Waals surface area contributed by atoms with Gasteiger partial charge in [0.1, 0.15) is 12.1 Å². The molecule has 6 nitrogen and oxygen atoms in total. The van der Waals surface area contributed by atoms with Gasteiger partial charge in [0.05, 0.1) is 16.3 Å². The molecule has 0 bridgehead atoms. The number of aromatic hydroxyl groups is 1. The van der Waals surface area contributed by atoms with E-state index in [1.165, 1.54) is 18.5 Å². The monoisotopic (exact) mass is 311 g/mol. The molecule has 0 atom stereocenters. The minimum absolute atomic E-state index is 0.0125. The Labute approximate surface area is 121 Å². The van der Waals surface area contributed by atoms with Gasteiger partial charge in [-0.3, -0.25) is 0 Å². The van der Waals surface area contributed by atoms with Crippen LogP contribution in [0.5, 0.6) is 5.75 Å². The SMILES string of the molecule is CCc1ncnc(Nc2ccc(S(C)(=O)=O)cc2F)c1O. The molecule has 0 radical (unpaired) electrons. The smallest absolute Gasteiger partial charge is 0.180 e. The number of halogens is 1. The number of sulfone groups is 1. The van der Waals surface area contributed by atoms with Crippen LogP contribution < -0.4 is 5.32 Å². The molecule has 21 heavy (non-hydrogen) atoms. The Morgan fingerprint density at radius 1 is 1.33 bits per heavy atom. The van der Waals surface area contributed by atoms with Crippen molar-refractivity contribution in [3.05, 3.63) is 36.0 Å². The fourth-order valence-corrected chi connectivity index (χ4v) is 2.35. The average Bonchev–Trinajstić information content (AvgIpc) is 2.42. The third-order valence-electron chi connectivity index (χ3n) is 2.85. The molecule has 1 aromatic carbocycles. The fraction of sp³-hybridized carbons (Fsp3) is 0.231. The second-order valence-corrected chi connectivity index (χ2v) is 6.43. The highest BCUT2D eigenvalue weighted by Gasteiger charge is 2.14. The van der Waals surface area contributed by atoms with Crippen molar-refractivity contribution in [2.45, 2.75) is 18.2 Å². The first-order valence-corrected chi connectivity index (χ1v) is 8.01. The van der Waals surface area contributed by atoms with Crippen molar-refractivity contribution in [3.8, 4) is 5.75 Å². The average molecular weight is 311 g/mol. The predicted molar refractivity (Wildman–Crippen MR) is 75.9 cm³/mol. The number of nitrogens with one attached hydrogen (secondary N) is 1. The zero-order chi connectivity index (χ0) is 15.6. The summed E-state index contributed by atoms with van der Waals surface area (Å²) in [4.78, 5) is 7.61. The van der Waals surface area contributed by atoms with Gasteiger partial charge >= 0.3 is 0 Å². The van der Waals surface area contributed by atoms with Crippen molar-refractivity contribution in [2.24, 2.45) is 0 Å². The lowest BCUT2D eigenvalue weighted by atomic mass is 10.2. The molecule has 0 amide bonds. The summed E-state index contributed by atoms with van der Waals surface area (Å²) in [5.41, 5.74) is 0.444. The Morgan fingerprint density at radius 2 is 2.05 bits per heavy atom. The van der Waals surface area contributed by atoms with E-state index in [9.17, 15) is 17.9 Å². The highest BCUT2D eigenvalue weighted by Crippen LogP contribution is 2.28. The molecule has 0 saturated heterocycles. The van der Waals surface area contributed by atoms with Gasteiger partial charge in [0, 0.05) is 6.26 Å². The summed E-state index contributed by atoms with van der Waals surface area (Å²) in [5.74, 6) is -0.853. The second-order valence-electron chi connectivity index (χ2n) is 4.41. The van der Waals surface area contributed by atoms with Crippen LogP contribution in [0.1, 0.15) is 12.6 Å². The van der Waals surface area contributed by atoms with Gasteiger partial charge in [-0.25, -0.2) is 22.8 Å². The molecule has 2 N–H and O–H groups in total. The normalized spacial score (nSPS) is 11.4. The van der Waals surface area contributed by atoms with E-state index in [1.54, 1.807) is 0 Å². The topological polar surface area (TPSA) is 92.2 Å². The number of nitrogens with zero attached hydrogens (tertiary/aromatic N) is 2. The second kappa shape index (κ2) is 5.65. The van der Waals surface area contributed by atoms with E-state index < -0.39 is 15.7 Å². The van der Waals surface area contributed by atoms with E-state index in [0.29, 0.717) is 12.1 Å². The standard InChI is InChI=1S/C13H14FN3O3S/c1-3-10-12(18)13(16-7-15-10)17-11-5-4-8(6-9(11)14)21(2,19)20/h4-7,18H,3H2,1-2H3,(H,15,16,17). The fourth-order valence-electron chi connectivity index (χ4n) is 1.72. The molecule has 0 unspecified atom stereocenters. The Kier molecular flexibility index (Phi) is 4.08. The Hall–Kier alpha value is -2.22. The lowest BCUT2D eigenvalue weighted by molar-refractivity contribution is 0.464. The Bertz CT molecular complexity index is 778. The highest BCUT2D eigenvalue weighted by atomic mass is 32.2. The molecule has 0 aliphatic rings. The van der Waals surface area contributed by atoms with E-state index in [0.717, 1.165) is 12.3 Å². The molecule has 112 valence electrons. The van der Waals surface area contributed by atoms with Crippen molar-refractivity contribution < 1.29 is 17.9 Å². The summed E-state index contributed by atoms with van der Waals surface area (Å²) >= 11 is 0. The van der Waals surface area contributed by atoms with Crippen LogP contribution in [0.4, 0.5) is 15.9 Å². The maximum Gasteiger partial charge on any atom is 0.180 e. The Morgan fingerprint density at radius 3 is 2.62 bits per heavy atom. The maximum absolute atomic E-state index is 13.9. The molecule has 0 spiro atoms. The molecule has 8 heteroatoms. The summed E-state index contributed by atoms with van der Waals surface area (Å²) in [7, 11) is -3.48. The largest absolute Gasteiger partial charge is 0.503 e. The van der Waals surface area contributed by atoms with E-state index in [2.05, 4.69) is 15.3 Å². The highest BCUT2D eigenvalue weighted by molar-refractivity contribution is 7.90. The molecule has 2 aromatic rings.